The summed E-state index contributed by atoms with van der Waals surface area (Å²) in [5, 5.41) is 3.78. The Kier molecular flexibility index (Phi) is 5.73. The van der Waals surface area contributed by atoms with E-state index in [9.17, 15) is 9.59 Å². The summed E-state index contributed by atoms with van der Waals surface area (Å²) in [5.41, 5.74) is 4.24. The predicted octanol–water partition coefficient (Wildman–Crippen LogP) is 4.99. The van der Waals surface area contributed by atoms with Crippen molar-refractivity contribution in [2.24, 2.45) is 0 Å². The maximum Gasteiger partial charge on any atom is 0.235 e. The number of carbonyl (C=O) groups is 2. The SMILES string of the molecule is CCc1ccc(-c2ccc(Cl)cc2)c(C)c1C1C(=O)NC2(CCC(OC)CC2)C1=O. The summed E-state index contributed by atoms with van der Waals surface area (Å²) in [5.74, 6) is -0.888. The Morgan fingerprint density at radius 2 is 1.77 bits per heavy atom. The fourth-order valence-corrected chi connectivity index (χ4v) is 5.28. The van der Waals surface area contributed by atoms with Gasteiger partial charge in [0, 0.05) is 12.1 Å². The fourth-order valence-electron chi connectivity index (χ4n) is 5.16. The van der Waals surface area contributed by atoms with Crippen LogP contribution in [-0.4, -0.2) is 30.4 Å². The maximum atomic E-state index is 13.7. The van der Waals surface area contributed by atoms with Gasteiger partial charge in [-0.3, -0.25) is 9.59 Å². The Morgan fingerprint density at radius 1 is 1.10 bits per heavy atom. The van der Waals surface area contributed by atoms with Crippen molar-refractivity contribution in [2.75, 3.05) is 7.11 Å². The van der Waals surface area contributed by atoms with Crippen LogP contribution in [0.5, 0.6) is 0 Å². The first-order valence-corrected chi connectivity index (χ1v) is 11.1. The highest BCUT2D eigenvalue weighted by molar-refractivity contribution is 6.30. The zero-order valence-corrected chi connectivity index (χ0v) is 18.5. The number of halogens is 1. The average molecular weight is 426 g/mol. The molecule has 1 spiro atoms. The molecule has 1 saturated heterocycles. The molecule has 1 saturated carbocycles. The number of amides is 1. The van der Waals surface area contributed by atoms with Crippen molar-refractivity contribution in [3.8, 4) is 11.1 Å². The van der Waals surface area contributed by atoms with Gasteiger partial charge in [-0.15, -0.1) is 0 Å². The number of rotatable bonds is 4. The lowest BCUT2D eigenvalue weighted by molar-refractivity contribution is -0.126. The standard InChI is InChI=1S/C25H28ClNO3/c1-4-16-7-10-20(17-5-8-18(26)9-6-17)15(2)21(16)22-23(28)25(27-24(22)29)13-11-19(30-3)12-14-25/h5-10,19,22H,4,11-14H2,1-3H3,(H,27,29). The van der Waals surface area contributed by atoms with Gasteiger partial charge in [0.15, 0.2) is 5.78 Å². The Morgan fingerprint density at radius 3 is 2.37 bits per heavy atom. The molecule has 30 heavy (non-hydrogen) atoms. The topological polar surface area (TPSA) is 55.4 Å². The van der Waals surface area contributed by atoms with Gasteiger partial charge in [0.25, 0.3) is 0 Å². The van der Waals surface area contributed by atoms with Crippen molar-refractivity contribution in [1.29, 1.82) is 0 Å². The molecular weight excluding hydrogens is 398 g/mol. The van der Waals surface area contributed by atoms with Crippen molar-refractivity contribution in [1.82, 2.24) is 5.32 Å². The second kappa shape index (κ2) is 8.16. The summed E-state index contributed by atoms with van der Waals surface area (Å²) in [4.78, 5) is 26.8. The van der Waals surface area contributed by atoms with Crippen LogP contribution in [0.1, 0.15) is 55.2 Å². The van der Waals surface area contributed by atoms with Gasteiger partial charge in [0.2, 0.25) is 5.91 Å². The van der Waals surface area contributed by atoms with Crippen LogP contribution in [-0.2, 0) is 20.7 Å². The number of Topliss-reactive ketones (excluding diaryl/α,β-unsaturated/α-hetero) is 1. The van der Waals surface area contributed by atoms with E-state index in [1.165, 1.54) is 0 Å². The quantitative estimate of drug-likeness (QED) is 0.702. The van der Waals surface area contributed by atoms with E-state index in [2.05, 4.69) is 24.4 Å². The van der Waals surface area contributed by atoms with Gasteiger partial charge >= 0.3 is 0 Å². The molecule has 0 aromatic heterocycles. The smallest absolute Gasteiger partial charge is 0.235 e. The Bertz CT molecular complexity index is 975. The Hall–Kier alpha value is -2.17. The van der Waals surface area contributed by atoms with Crippen LogP contribution in [0.2, 0.25) is 5.02 Å². The van der Waals surface area contributed by atoms with E-state index in [1.807, 2.05) is 31.2 Å². The lowest BCUT2D eigenvalue weighted by Gasteiger charge is -2.35. The van der Waals surface area contributed by atoms with Crippen molar-refractivity contribution in [2.45, 2.75) is 63.5 Å². The minimum absolute atomic E-state index is 0.0214. The van der Waals surface area contributed by atoms with Gasteiger partial charge in [0.05, 0.1) is 11.6 Å². The third-order valence-corrected chi connectivity index (χ3v) is 7.16. The molecule has 4 rings (SSSR count). The number of hydrogen-bond acceptors (Lipinski definition) is 3. The van der Waals surface area contributed by atoms with Gasteiger partial charge in [-0.25, -0.2) is 0 Å². The lowest BCUT2D eigenvalue weighted by Crippen LogP contribution is -2.50. The zero-order chi connectivity index (χ0) is 21.5. The Balaban J connectivity index is 1.76. The Labute approximate surface area is 183 Å². The minimum atomic E-state index is -0.746. The highest BCUT2D eigenvalue weighted by Gasteiger charge is 2.54. The van der Waals surface area contributed by atoms with E-state index in [0.717, 1.165) is 47.1 Å². The lowest BCUT2D eigenvalue weighted by atomic mass is 9.74. The van der Waals surface area contributed by atoms with Crippen molar-refractivity contribution in [3.63, 3.8) is 0 Å². The summed E-state index contributed by atoms with van der Waals surface area (Å²) in [6.45, 7) is 4.09. The normalized spacial score (nSPS) is 26.3. The monoisotopic (exact) mass is 425 g/mol. The van der Waals surface area contributed by atoms with Crippen LogP contribution in [0.15, 0.2) is 36.4 Å². The fraction of sp³-hybridized carbons (Fsp3) is 0.440. The van der Waals surface area contributed by atoms with Crippen LogP contribution in [0.3, 0.4) is 0 Å². The number of hydrogen-bond donors (Lipinski definition) is 1. The van der Waals surface area contributed by atoms with Crippen LogP contribution in [0.4, 0.5) is 0 Å². The molecule has 5 heteroatoms. The van der Waals surface area contributed by atoms with Gasteiger partial charge in [-0.1, -0.05) is 42.8 Å². The third-order valence-electron chi connectivity index (χ3n) is 6.91. The molecule has 0 radical (unpaired) electrons. The highest BCUT2D eigenvalue weighted by atomic mass is 35.5. The molecule has 2 aliphatic rings. The number of methoxy groups -OCH3 is 1. The largest absolute Gasteiger partial charge is 0.381 e. The van der Waals surface area contributed by atoms with Gasteiger partial charge in [-0.2, -0.15) is 0 Å². The van der Waals surface area contributed by atoms with Gasteiger partial charge < -0.3 is 10.1 Å². The molecule has 1 heterocycles. The first-order chi connectivity index (χ1) is 14.4. The van der Waals surface area contributed by atoms with Crippen LogP contribution >= 0.6 is 11.6 Å². The second-order valence-corrected chi connectivity index (χ2v) is 8.91. The molecule has 1 amide bonds. The molecule has 1 aliphatic carbocycles. The molecule has 2 aromatic rings. The summed E-state index contributed by atoms with van der Waals surface area (Å²) < 4.78 is 5.46. The van der Waals surface area contributed by atoms with E-state index in [0.29, 0.717) is 17.9 Å². The first-order valence-electron chi connectivity index (χ1n) is 10.7. The number of carbonyl (C=O) groups excluding carboxylic acids is 2. The summed E-state index contributed by atoms with van der Waals surface area (Å²) >= 11 is 6.06. The van der Waals surface area contributed by atoms with Crippen molar-refractivity contribution < 1.29 is 14.3 Å². The van der Waals surface area contributed by atoms with E-state index >= 15 is 0 Å². The number of benzene rings is 2. The molecule has 2 fully saturated rings. The van der Waals surface area contributed by atoms with Gasteiger partial charge in [0.1, 0.15) is 5.92 Å². The van der Waals surface area contributed by atoms with Crippen LogP contribution in [0, 0.1) is 6.92 Å². The highest BCUT2D eigenvalue weighted by Crippen LogP contribution is 2.43. The first kappa shape index (κ1) is 21.1. The molecule has 1 aliphatic heterocycles. The van der Waals surface area contributed by atoms with Crippen molar-refractivity contribution in [3.05, 3.63) is 58.1 Å². The predicted molar refractivity (Wildman–Crippen MR) is 119 cm³/mol. The number of nitrogens with one attached hydrogen (secondary N) is 1. The summed E-state index contributed by atoms with van der Waals surface area (Å²) in [6, 6.07) is 11.8. The maximum absolute atomic E-state index is 13.7. The van der Waals surface area contributed by atoms with E-state index in [1.54, 1.807) is 7.11 Å². The minimum Gasteiger partial charge on any atom is -0.381 e. The van der Waals surface area contributed by atoms with Crippen LogP contribution in [0.25, 0.3) is 11.1 Å². The van der Waals surface area contributed by atoms with E-state index < -0.39 is 11.5 Å². The number of ketones is 1. The molecule has 4 nitrogen and oxygen atoms in total. The van der Waals surface area contributed by atoms with E-state index in [-0.39, 0.29) is 17.8 Å². The van der Waals surface area contributed by atoms with Crippen molar-refractivity contribution >= 4 is 23.3 Å². The zero-order valence-electron chi connectivity index (χ0n) is 17.8. The summed E-state index contributed by atoms with van der Waals surface area (Å²) in [7, 11) is 1.71. The molecule has 2 aromatic carbocycles. The second-order valence-electron chi connectivity index (χ2n) is 8.48. The van der Waals surface area contributed by atoms with Gasteiger partial charge in [-0.05, 0) is 79.0 Å². The molecule has 158 valence electrons. The van der Waals surface area contributed by atoms with E-state index in [4.69, 9.17) is 16.3 Å². The molecule has 0 bridgehead atoms. The number of ether oxygens (including phenoxy) is 1. The average Bonchev–Trinajstić information content (AvgIpc) is 2.98. The van der Waals surface area contributed by atoms with Crippen LogP contribution < -0.4 is 5.32 Å². The molecular formula is C25H28ClNO3. The molecule has 1 N–H and O–H groups in total. The number of aryl methyl sites for hydroxylation is 1. The third kappa shape index (κ3) is 3.46. The summed E-state index contributed by atoms with van der Waals surface area (Å²) in [6.07, 6.45) is 3.81. The molecule has 1 atom stereocenters. The molecule has 1 unspecified atom stereocenters.